The Morgan fingerprint density at radius 3 is 2.46 bits per heavy atom. The fourth-order valence-corrected chi connectivity index (χ4v) is 2.39. The highest BCUT2D eigenvalue weighted by Gasteiger charge is 2.14. The van der Waals surface area contributed by atoms with Crippen molar-refractivity contribution < 1.29 is 4.79 Å². The standard InChI is InChI=1S/C9H7Br3O/c1-5(10)9(13)7-3-2-6(11)4-8(7)12/h2-5H,1H3. The average molecular weight is 371 g/mol. The van der Waals surface area contributed by atoms with Gasteiger partial charge in [0.1, 0.15) is 0 Å². The number of halogens is 3. The summed E-state index contributed by atoms with van der Waals surface area (Å²) < 4.78 is 1.77. The van der Waals surface area contributed by atoms with Crippen molar-refractivity contribution in [1.29, 1.82) is 0 Å². The molecule has 1 unspecified atom stereocenters. The molecule has 1 nitrogen and oxygen atoms in total. The van der Waals surface area contributed by atoms with Crippen molar-refractivity contribution in [1.82, 2.24) is 0 Å². The third kappa shape index (κ3) is 2.89. The van der Waals surface area contributed by atoms with E-state index >= 15 is 0 Å². The lowest BCUT2D eigenvalue weighted by Crippen LogP contribution is -2.10. The third-order valence-corrected chi connectivity index (χ3v) is 3.12. The van der Waals surface area contributed by atoms with Crippen LogP contribution in [0.5, 0.6) is 0 Å². The van der Waals surface area contributed by atoms with Crippen molar-refractivity contribution in [2.45, 2.75) is 11.8 Å². The molecule has 0 aliphatic rings. The molecule has 0 aliphatic carbocycles. The summed E-state index contributed by atoms with van der Waals surface area (Å²) in [5.41, 5.74) is 0.701. The molecule has 1 atom stereocenters. The maximum absolute atomic E-state index is 11.6. The largest absolute Gasteiger partial charge is 0.293 e. The second-order valence-electron chi connectivity index (χ2n) is 2.60. The van der Waals surface area contributed by atoms with Gasteiger partial charge in [-0.05, 0) is 25.1 Å². The van der Waals surface area contributed by atoms with Crippen LogP contribution < -0.4 is 0 Å². The number of hydrogen-bond acceptors (Lipinski definition) is 1. The van der Waals surface area contributed by atoms with Crippen LogP contribution in [0.4, 0.5) is 0 Å². The van der Waals surface area contributed by atoms with Gasteiger partial charge in [0.2, 0.25) is 0 Å². The molecule has 1 aromatic carbocycles. The molecule has 13 heavy (non-hydrogen) atoms. The quantitative estimate of drug-likeness (QED) is 0.564. The van der Waals surface area contributed by atoms with E-state index in [1.54, 1.807) is 6.07 Å². The van der Waals surface area contributed by atoms with Gasteiger partial charge in [0.15, 0.2) is 5.78 Å². The number of Topliss-reactive ketones (excluding diaryl/α,β-unsaturated/α-hetero) is 1. The smallest absolute Gasteiger partial charge is 0.177 e. The lowest BCUT2D eigenvalue weighted by molar-refractivity contribution is 0.0995. The molecular formula is C9H7Br3O. The maximum atomic E-state index is 11.6. The molecule has 0 heterocycles. The van der Waals surface area contributed by atoms with E-state index in [-0.39, 0.29) is 10.6 Å². The van der Waals surface area contributed by atoms with Gasteiger partial charge in [-0.1, -0.05) is 47.8 Å². The second-order valence-corrected chi connectivity index (χ2v) is 5.75. The first kappa shape index (κ1) is 11.4. The first-order valence-electron chi connectivity index (χ1n) is 3.65. The first-order chi connectivity index (χ1) is 6.02. The highest BCUT2D eigenvalue weighted by molar-refractivity contribution is 9.11. The summed E-state index contributed by atoms with van der Waals surface area (Å²) in [5, 5.41) is 0. The van der Waals surface area contributed by atoms with Gasteiger partial charge < -0.3 is 0 Å². The van der Waals surface area contributed by atoms with Crippen molar-refractivity contribution in [2.24, 2.45) is 0 Å². The van der Waals surface area contributed by atoms with Crippen LogP contribution in [0.3, 0.4) is 0 Å². The van der Waals surface area contributed by atoms with E-state index in [4.69, 9.17) is 0 Å². The van der Waals surface area contributed by atoms with Crippen molar-refractivity contribution in [3.05, 3.63) is 32.7 Å². The minimum Gasteiger partial charge on any atom is -0.293 e. The average Bonchev–Trinajstić information content (AvgIpc) is 2.03. The van der Waals surface area contributed by atoms with Crippen LogP contribution in [0.15, 0.2) is 27.1 Å². The van der Waals surface area contributed by atoms with Crippen LogP contribution in [0.2, 0.25) is 0 Å². The van der Waals surface area contributed by atoms with Gasteiger partial charge in [0, 0.05) is 14.5 Å². The highest BCUT2D eigenvalue weighted by Crippen LogP contribution is 2.24. The van der Waals surface area contributed by atoms with Crippen LogP contribution in [0, 0.1) is 0 Å². The lowest BCUT2D eigenvalue weighted by atomic mass is 10.1. The fourth-order valence-electron chi connectivity index (χ4n) is 0.904. The van der Waals surface area contributed by atoms with E-state index in [2.05, 4.69) is 47.8 Å². The van der Waals surface area contributed by atoms with Gasteiger partial charge in [0.05, 0.1) is 4.83 Å². The Hall–Kier alpha value is 0.330. The molecule has 0 bridgehead atoms. The summed E-state index contributed by atoms with van der Waals surface area (Å²) in [6.07, 6.45) is 0. The maximum Gasteiger partial charge on any atom is 0.177 e. The molecule has 0 aromatic heterocycles. The molecule has 0 amide bonds. The number of benzene rings is 1. The normalized spacial score (nSPS) is 12.6. The van der Waals surface area contributed by atoms with Crippen molar-refractivity contribution in [3.8, 4) is 0 Å². The fraction of sp³-hybridized carbons (Fsp3) is 0.222. The molecule has 0 spiro atoms. The van der Waals surface area contributed by atoms with Gasteiger partial charge >= 0.3 is 0 Å². The molecule has 0 radical (unpaired) electrons. The molecular weight excluding hydrogens is 364 g/mol. The number of ketones is 1. The molecule has 0 saturated heterocycles. The van der Waals surface area contributed by atoms with Crippen LogP contribution >= 0.6 is 47.8 Å². The van der Waals surface area contributed by atoms with Crippen molar-refractivity contribution >= 4 is 53.6 Å². The van der Waals surface area contributed by atoms with E-state index in [9.17, 15) is 4.79 Å². The summed E-state index contributed by atoms with van der Waals surface area (Å²) in [5.74, 6) is 0.0828. The second kappa shape index (κ2) is 4.71. The molecule has 0 fully saturated rings. The van der Waals surface area contributed by atoms with Crippen LogP contribution in [-0.4, -0.2) is 10.6 Å². The number of rotatable bonds is 2. The number of carbonyl (C=O) groups excluding carboxylic acids is 1. The monoisotopic (exact) mass is 368 g/mol. The Bertz CT molecular complexity index is 334. The molecule has 0 saturated carbocycles. The van der Waals surface area contributed by atoms with Gasteiger partial charge in [-0.3, -0.25) is 4.79 Å². The van der Waals surface area contributed by atoms with Gasteiger partial charge in [0.25, 0.3) is 0 Å². The molecule has 4 heteroatoms. The predicted molar refractivity (Wildman–Crippen MR) is 64.6 cm³/mol. The molecule has 1 aromatic rings. The van der Waals surface area contributed by atoms with E-state index in [1.807, 2.05) is 19.1 Å². The number of alkyl halides is 1. The van der Waals surface area contributed by atoms with Gasteiger partial charge in [-0.25, -0.2) is 0 Å². The molecule has 70 valence electrons. The van der Waals surface area contributed by atoms with E-state index < -0.39 is 0 Å². The summed E-state index contributed by atoms with van der Waals surface area (Å²) in [4.78, 5) is 11.4. The van der Waals surface area contributed by atoms with E-state index in [0.29, 0.717) is 5.56 Å². The Balaban J connectivity index is 3.09. The minimum atomic E-state index is -0.148. The lowest BCUT2D eigenvalue weighted by Gasteiger charge is -2.05. The molecule has 0 N–H and O–H groups in total. The molecule has 1 rings (SSSR count). The van der Waals surface area contributed by atoms with E-state index in [1.165, 1.54) is 0 Å². The summed E-state index contributed by atoms with van der Waals surface area (Å²) >= 11 is 9.92. The predicted octanol–water partition coefficient (Wildman–Crippen LogP) is 4.18. The summed E-state index contributed by atoms with van der Waals surface area (Å²) in [6.45, 7) is 1.82. The van der Waals surface area contributed by atoms with Crippen molar-refractivity contribution in [3.63, 3.8) is 0 Å². The zero-order valence-electron chi connectivity index (χ0n) is 6.85. The number of hydrogen-bond donors (Lipinski definition) is 0. The van der Waals surface area contributed by atoms with Crippen LogP contribution in [0.1, 0.15) is 17.3 Å². The van der Waals surface area contributed by atoms with Crippen molar-refractivity contribution in [2.75, 3.05) is 0 Å². The number of carbonyl (C=O) groups is 1. The van der Waals surface area contributed by atoms with E-state index in [0.717, 1.165) is 8.95 Å². The topological polar surface area (TPSA) is 17.1 Å². The Morgan fingerprint density at radius 1 is 1.38 bits per heavy atom. The SMILES string of the molecule is CC(Br)C(=O)c1ccc(Br)cc1Br. The zero-order chi connectivity index (χ0) is 10.0. The van der Waals surface area contributed by atoms with Crippen LogP contribution in [0.25, 0.3) is 0 Å². The first-order valence-corrected chi connectivity index (χ1v) is 6.16. The van der Waals surface area contributed by atoms with Gasteiger partial charge in [-0.2, -0.15) is 0 Å². The third-order valence-electron chi connectivity index (χ3n) is 1.56. The Labute approximate surface area is 102 Å². The highest BCUT2D eigenvalue weighted by atomic mass is 79.9. The van der Waals surface area contributed by atoms with Gasteiger partial charge in [-0.15, -0.1) is 0 Å². The zero-order valence-corrected chi connectivity index (χ0v) is 11.6. The Morgan fingerprint density at radius 2 is 2.00 bits per heavy atom. The minimum absolute atomic E-state index is 0.0828. The summed E-state index contributed by atoms with van der Waals surface area (Å²) in [7, 11) is 0. The summed E-state index contributed by atoms with van der Waals surface area (Å²) in [6, 6.07) is 5.52. The molecule has 0 aliphatic heterocycles. The van der Waals surface area contributed by atoms with Crippen LogP contribution in [-0.2, 0) is 0 Å². The Kier molecular flexibility index (Phi) is 4.13.